The SMILES string of the molecule is Cc1nc2cc(N3CC(C(=O)NC4=NCCS4)CC3=O)ccc2s1. The molecule has 124 valence electrons. The van der Waals surface area contributed by atoms with Crippen molar-refractivity contribution >= 4 is 56.0 Å². The van der Waals surface area contributed by atoms with Gasteiger partial charge in [0.1, 0.15) is 0 Å². The summed E-state index contributed by atoms with van der Waals surface area (Å²) < 4.78 is 1.11. The van der Waals surface area contributed by atoms with E-state index >= 15 is 0 Å². The molecule has 4 rings (SSSR count). The van der Waals surface area contributed by atoms with Crippen LogP contribution in [0.2, 0.25) is 0 Å². The molecule has 2 aliphatic heterocycles. The summed E-state index contributed by atoms with van der Waals surface area (Å²) in [5, 5.41) is 4.50. The molecule has 1 unspecified atom stereocenters. The van der Waals surface area contributed by atoms with Crippen LogP contribution in [-0.4, -0.2) is 40.8 Å². The molecule has 6 nitrogen and oxygen atoms in total. The van der Waals surface area contributed by atoms with E-state index < -0.39 is 0 Å². The van der Waals surface area contributed by atoms with E-state index in [4.69, 9.17) is 0 Å². The van der Waals surface area contributed by atoms with Crippen molar-refractivity contribution in [3.8, 4) is 0 Å². The number of rotatable bonds is 2. The Balaban J connectivity index is 1.51. The Labute approximate surface area is 147 Å². The normalized spacial score (nSPS) is 20.7. The van der Waals surface area contributed by atoms with Gasteiger partial charge in [-0.3, -0.25) is 14.6 Å². The maximum Gasteiger partial charge on any atom is 0.231 e. The minimum absolute atomic E-state index is 0.0255. The average molecular weight is 360 g/mol. The smallest absolute Gasteiger partial charge is 0.231 e. The van der Waals surface area contributed by atoms with Gasteiger partial charge >= 0.3 is 0 Å². The molecular weight excluding hydrogens is 344 g/mol. The molecule has 2 aromatic rings. The highest BCUT2D eigenvalue weighted by Gasteiger charge is 2.35. The lowest BCUT2D eigenvalue weighted by Crippen LogP contribution is -2.35. The third-order valence-corrected chi connectivity index (χ3v) is 5.94. The molecule has 1 atom stereocenters. The van der Waals surface area contributed by atoms with Gasteiger partial charge in [-0.1, -0.05) is 11.8 Å². The molecule has 0 bridgehead atoms. The Kier molecular flexibility index (Phi) is 4.01. The number of aliphatic imine (C=N–C) groups is 1. The van der Waals surface area contributed by atoms with Gasteiger partial charge in [-0.15, -0.1) is 11.3 Å². The fraction of sp³-hybridized carbons (Fsp3) is 0.375. The van der Waals surface area contributed by atoms with Crippen LogP contribution in [0.3, 0.4) is 0 Å². The number of aryl methyl sites for hydroxylation is 1. The highest BCUT2D eigenvalue weighted by atomic mass is 32.2. The summed E-state index contributed by atoms with van der Waals surface area (Å²) in [4.78, 5) is 35.1. The molecule has 0 aliphatic carbocycles. The Morgan fingerprint density at radius 1 is 1.42 bits per heavy atom. The van der Waals surface area contributed by atoms with Crippen molar-refractivity contribution < 1.29 is 9.59 Å². The van der Waals surface area contributed by atoms with Gasteiger partial charge in [0, 0.05) is 24.4 Å². The number of hydrogen-bond donors (Lipinski definition) is 1. The molecule has 1 N–H and O–H groups in total. The maximum atomic E-state index is 12.4. The van der Waals surface area contributed by atoms with Crippen LogP contribution in [0.1, 0.15) is 11.4 Å². The molecule has 0 saturated carbocycles. The number of hydrogen-bond acceptors (Lipinski definition) is 6. The van der Waals surface area contributed by atoms with E-state index in [1.807, 2.05) is 25.1 Å². The van der Waals surface area contributed by atoms with Crippen molar-refractivity contribution in [3.63, 3.8) is 0 Å². The first-order valence-corrected chi connectivity index (χ1v) is 9.56. The lowest BCUT2D eigenvalue weighted by Gasteiger charge is -2.16. The van der Waals surface area contributed by atoms with Gasteiger partial charge in [-0.05, 0) is 25.1 Å². The Morgan fingerprint density at radius 2 is 2.29 bits per heavy atom. The molecule has 3 heterocycles. The number of carbonyl (C=O) groups is 2. The first kappa shape index (κ1) is 15.6. The predicted molar refractivity (Wildman–Crippen MR) is 97.7 cm³/mol. The van der Waals surface area contributed by atoms with Crippen molar-refractivity contribution in [3.05, 3.63) is 23.2 Å². The maximum absolute atomic E-state index is 12.4. The molecule has 0 radical (unpaired) electrons. The predicted octanol–water partition coefficient (Wildman–Crippen LogP) is 2.18. The fourth-order valence-electron chi connectivity index (χ4n) is 2.95. The fourth-order valence-corrected chi connectivity index (χ4v) is 4.49. The number of aromatic nitrogens is 1. The van der Waals surface area contributed by atoms with Gasteiger partial charge in [-0.25, -0.2) is 4.98 Å². The number of benzene rings is 1. The molecule has 24 heavy (non-hydrogen) atoms. The molecule has 0 spiro atoms. The quantitative estimate of drug-likeness (QED) is 0.891. The molecule has 2 aliphatic rings. The Bertz CT molecular complexity index is 861. The molecule has 1 aromatic heterocycles. The number of thiazole rings is 1. The lowest BCUT2D eigenvalue weighted by molar-refractivity contribution is -0.125. The summed E-state index contributed by atoms with van der Waals surface area (Å²) in [5.74, 6) is 0.416. The summed E-state index contributed by atoms with van der Waals surface area (Å²) >= 11 is 3.18. The largest absolute Gasteiger partial charge is 0.312 e. The number of nitrogens with one attached hydrogen (secondary N) is 1. The average Bonchev–Trinajstić information content (AvgIpc) is 3.25. The summed E-state index contributed by atoms with van der Waals surface area (Å²) in [6.07, 6.45) is 0.234. The highest BCUT2D eigenvalue weighted by Crippen LogP contribution is 2.30. The number of nitrogens with zero attached hydrogens (tertiary/aromatic N) is 3. The van der Waals surface area contributed by atoms with Crippen LogP contribution in [0.25, 0.3) is 10.2 Å². The first-order chi connectivity index (χ1) is 11.6. The summed E-state index contributed by atoms with van der Waals surface area (Å²) in [5.41, 5.74) is 1.70. The number of fused-ring (bicyclic) bond motifs is 1. The zero-order chi connectivity index (χ0) is 16.7. The minimum Gasteiger partial charge on any atom is -0.312 e. The van der Waals surface area contributed by atoms with Crippen LogP contribution < -0.4 is 10.2 Å². The second kappa shape index (κ2) is 6.18. The number of amides is 2. The van der Waals surface area contributed by atoms with Gasteiger partial charge in [0.2, 0.25) is 11.8 Å². The van der Waals surface area contributed by atoms with Crippen molar-refractivity contribution in [1.29, 1.82) is 0 Å². The van der Waals surface area contributed by atoms with Crippen LogP contribution in [0.15, 0.2) is 23.2 Å². The molecule has 1 aromatic carbocycles. The third kappa shape index (κ3) is 2.91. The Hall–Kier alpha value is -1.93. The standard InChI is InChI=1S/C16H16N4O2S2/c1-9-18-12-7-11(2-3-13(12)24-9)20-8-10(6-14(20)21)15(22)19-16-17-4-5-23-16/h2-3,7,10H,4-6,8H2,1H3,(H,17,19,22). The summed E-state index contributed by atoms with van der Waals surface area (Å²) in [6, 6.07) is 5.84. The third-order valence-electron chi connectivity index (χ3n) is 4.10. The van der Waals surface area contributed by atoms with Gasteiger partial charge < -0.3 is 10.2 Å². The van der Waals surface area contributed by atoms with Crippen molar-refractivity contribution in [2.45, 2.75) is 13.3 Å². The van der Waals surface area contributed by atoms with E-state index in [-0.39, 0.29) is 24.2 Å². The monoisotopic (exact) mass is 360 g/mol. The highest BCUT2D eigenvalue weighted by molar-refractivity contribution is 8.14. The Morgan fingerprint density at radius 3 is 3.08 bits per heavy atom. The van der Waals surface area contributed by atoms with Gasteiger partial charge in [0.25, 0.3) is 0 Å². The number of amidine groups is 1. The van der Waals surface area contributed by atoms with Gasteiger partial charge in [-0.2, -0.15) is 0 Å². The second-order valence-corrected chi connectivity index (χ2v) is 8.13. The topological polar surface area (TPSA) is 74.7 Å². The van der Waals surface area contributed by atoms with E-state index in [2.05, 4.69) is 15.3 Å². The van der Waals surface area contributed by atoms with Crippen LogP contribution in [-0.2, 0) is 9.59 Å². The zero-order valence-corrected chi connectivity index (χ0v) is 14.7. The van der Waals surface area contributed by atoms with Crippen molar-refractivity contribution in [2.24, 2.45) is 10.9 Å². The number of carbonyl (C=O) groups excluding carboxylic acids is 2. The van der Waals surface area contributed by atoms with E-state index in [1.54, 1.807) is 28.0 Å². The van der Waals surface area contributed by atoms with E-state index in [0.717, 1.165) is 33.2 Å². The van der Waals surface area contributed by atoms with Crippen LogP contribution >= 0.6 is 23.1 Å². The number of thioether (sulfide) groups is 1. The van der Waals surface area contributed by atoms with E-state index in [0.29, 0.717) is 11.7 Å². The van der Waals surface area contributed by atoms with Crippen molar-refractivity contribution in [2.75, 3.05) is 23.7 Å². The van der Waals surface area contributed by atoms with Crippen LogP contribution in [0, 0.1) is 12.8 Å². The van der Waals surface area contributed by atoms with Gasteiger partial charge in [0.05, 0.1) is 27.7 Å². The molecule has 1 saturated heterocycles. The molecule has 8 heteroatoms. The summed E-state index contributed by atoms with van der Waals surface area (Å²) in [7, 11) is 0. The van der Waals surface area contributed by atoms with E-state index in [1.165, 1.54) is 0 Å². The first-order valence-electron chi connectivity index (χ1n) is 7.76. The lowest BCUT2D eigenvalue weighted by atomic mass is 10.1. The molecular formula is C16H16N4O2S2. The van der Waals surface area contributed by atoms with E-state index in [9.17, 15) is 9.59 Å². The molecule has 2 amide bonds. The second-order valence-electron chi connectivity index (χ2n) is 5.81. The minimum atomic E-state index is -0.339. The zero-order valence-electron chi connectivity index (χ0n) is 13.1. The van der Waals surface area contributed by atoms with Gasteiger partial charge in [0.15, 0.2) is 5.17 Å². The number of anilines is 1. The van der Waals surface area contributed by atoms with Crippen LogP contribution in [0.5, 0.6) is 0 Å². The summed E-state index contributed by atoms with van der Waals surface area (Å²) in [6.45, 7) is 3.11. The van der Waals surface area contributed by atoms with Crippen LogP contribution in [0.4, 0.5) is 5.69 Å². The molecule has 1 fully saturated rings. The van der Waals surface area contributed by atoms with Crippen molar-refractivity contribution in [1.82, 2.24) is 10.3 Å².